The maximum absolute atomic E-state index is 5.65. The summed E-state index contributed by atoms with van der Waals surface area (Å²) in [5, 5.41) is 10.1. The quantitative estimate of drug-likeness (QED) is 0.716. The van der Waals surface area contributed by atoms with Crippen molar-refractivity contribution in [2.24, 2.45) is 0 Å². The average molecular weight is 287 g/mol. The van der Waals surface area contributed by atoms with Gasteiger partial charge in [-0.1, -0.05) is 6.07 Å². The fraction of sp³-hybridized carbons (Fsp3) is 0.231. The van der Waals surface area contributed by atoms with E-state index in [0.29, 0.717) is 24.9 Å². The number of nitrogens with zero attached hydrogens (tertiary/aromatic N) is 5. The van der Waals surface area contributed by atoms with Crippen LogP contribution in [0.5, 0.6) is 0 Å². The van der Waals surface area contributed by atoms with E-state index in [1.54, 1.807) is 29.9 Å². The minimum absolute atomic E-state index is 0.572. The Labute approximate surface area is 120 Å². The standard InChI is InChI=1S/C13H13N5OS/c1-18(8-10-7-14-4-5-15-10)9-12-16-17-13(19-12)11-3-2-6-20-11/h2-7H,8-9H2,1H3. The molecule has 3 aromatic rings. The van der Waals surface area contributed by atoms with Gasteiger partial charge in [-0.25, -0.2) is 0 Å². The van der Waals surface area contributed by atoms with Crippen LogP contribution in [0.25, 0.3) is 10.8 Å². The van der Waals surface area contributed by atoms with Crippen LogP contribution in [0.1, 0.15) is 11.6 Å². The molecule has 3 heterocycles. The van der Waals surface area contributed by atoms with Gasteiger partial charge in [0, 0.05) is 25.1 Å². The summed E-state index contributed by atoms with van der Waals surface area (Å²) in [4.78, 5) is 11.3. The molecule has 0 aliphatic carbocycles. The summed E-state index contributed by atoms with van der Waals surface area (Å²) in [6.45, 7) is 1.26. The second-order valence-electron chi connectivity index (χ2n) is 4.35. The highest BCUT2D eigenvalue weighted by Gasteiger charge is 2.11. The lowest BCUT2D eigenvalue weighted by Crippen LogP contribution is -2.18. The molecule has 7 heteroatoms. The Morgan fingerprint density at radius 2 is 2.20 bits per heavy atom. The molecule has 0 saturated carbocycles. The first-order valence-corrected chi connectivity index (χ1v) is 6.99. The maximum atomic E-state index is 5.65. The Bertz CT molecular complexity index is 652. The Morgan fingerprint density at radius 1 is 1.25 bits per heavy atom. The van der Waals surface area contributed by atoms with E-state index in [-0.39, 0.29) is 0 Å². The van der Waals surface area contributed by atoms with Crippen LogP contribution in [0.2, 0.25) is 0 Å². The molecule has 0 aromatic carbocycles. The molecule has 0 unspecified atom stereocenters. The number of thiophene rings is 1. The minimum Gasteiger partial charge on any atom is -0.419 e. The summed E-state index contributed by atoms with van der Waals surface area (Å²) in [5.74, 6) is 1.17. The molecule has 0 fully saturated rings. The molecule has 0 bridgehead atoms. The Kier molecular flexibility index (Phi) is 3.80. The Hall–Kier alpha value is -2.12. The lowest BCUT2D eigenvalue weighted by Gasteiger charge is -2.12. The zero-order valence-corrected chi connectivity index (χ0v) is 11.7. The van der Waals surface area contributed by atoms with Gasteiger partial charge in [-0.05, 0) is 18.5 Å². The van der Waals surface area contributed by atoms with Gasteiger partial charge >= 0.3 is 0 Å². The van der Waals surface area contributed by atoms with E-state index < -0.39 is 0 Å². The van der Waals surface area contributed by atoms with Crippen molar-refractivity contribution in [3.05, 3.63) is 47.7 Å². The van der Waals surface area contributed by atoms with Crippen molar-refractivity contribution in [1.82, 2.24) is 25.1 Å². The molecule has 0 saturated heterocycles. The number of hydrogen-bond acceptors (Lipinski definition) is 7. The zero-order chi connectivity index (χ0) is 13.8. The van der Waals surface area contributed by atoms with Crippen LogP contribution in [0.3, 0.4) is 0 Å². The van der Waals surface area contributed by atoms with Crippen LogP contribution >= 0.6 is 11.3 Å². The predicted octanol–water partition coefficient (Wildman–Crippen LogP) is 2.22. The molecule has 0 radical (unpaired) electrons. The van der Waals surface area contributed by atoms with Crippen LogP contribution < -0.4 is 0 Å². The molecule has 3 rings (SSSR count). The highest BCUT2D eigenvalue weighted by molar-refractivity contribution is 7.13. The van der Waals surface area contributed by atoms with Gasteiger partial charge in [0.05, 0.1) is 17.1 Å². The highest BCUT2D eigenvalue weighted by atomic mass is 32.1. The van der Waals surface area contributed by atoms with Crippen molar-refractivity contribution in [3.8, 4) is 10.8 Å². The molecule has 0 aliphatic rings. The number of aromatic nitrogens is 4. The summed E-state index contributed by atoms with van der Waals surface area (Å²) >= 11 is 1.58. The summed E-state index contributed by atoms with van der Waals surface area (Å²) in [6, 6.07) is 3.93. The van der Waals surface area contributed by atoms with E-state index in [2.05, 4.69) is 25.1 Å². The maximum Gasteiger partial charge on any atom is 0.257 e. The van der Waals surface area contributed by atoms with Crippen LogP contribution in [-0.4, -0.2) is 32.1 Å². The van der Waals surface area contributed by atoms with Crippen molar-refractivity contribution in [3.63, 3.8) is 0 Å². The Balaban J connectivity index is 1.63. The van der Waals surface area contributed by atoms with Gasteiger partial charge in [0.25, 0.3) is 5.89 Å². The third-order valence-corrected chi connectivity index (χ3v) is 3.51. The van der Waals surface area contributed by atoms with Crippen LogP contribution in [0.4, 0.5) is 0 Å². The van der Waals surface area contributed by atoms with E-state index in [4.69, 9.17) is 4.42 Å². The summed E-state index contributed by atoms with van der Waals surface area (Å²) in [6.07, 6.45) is 5.10. The van der Waals surface area contributed by atoms with Crippen LogP contribution in [0, 0.1) is 0 Å². The van der Waals surface area contributed by atoms with Crippen LogP contribution in [0.15, 0.2) is 40.5 Å². The lowest BCUT2D eigenvalue weighted by molar-refractivity contribution is 0.279. The van der Waals surface area contributed by atoms with Gasteiger partial charge in [0.2, 0.25) is 5.89 Å². The second kappa shape index (κ2) is 5.89. The zero-order valence-electron chi connectivity index (χ0n) is 10.9. The molecule has 0 spiro atoms. The molecular weight excluding hydrogens is 274 g/mol. The molecule has 0 N–H and O–H groups in total. The average Bonchev–Trinajstić information content (AvgIpc) is 3.10. The van der Waals surface area contributed by atoms with E-state index in [9.17, 15) is 0 Å². The van der Waals surface area contributed by atoms with Crippen molar-refractivity contribution < 1.29 is 4.42 Å². The monoisotopic (exact) mass is 287 g/mol. The normalized spacial score (nSPS) is 11.1. The third kappa shape index (κ3) is 3.06. The Morgan fingerprint density at radius 3 is 2.95 bits per heavy atom. The fourth-order valence-electron chi connectivity index (χ4n) is 1.79. The molecule has 0 amide bonds. The molecule has 20 heavy (non-hydrogen) atoms. The first-order valence-electron chi connectivity index (χ1n) is 6.11. The van der Waals surface area contributed by atoms with E-state index in [1.807, 2.05) is 24.6 Å². The van der Waals surface area contributed by atoms with Crippen molar-refractivity contribution in [2.45, 2.75) is 13.1 Å². The molecule has 3 aromatic heterocycles. The van der Waals surface area contributed by atoms with Gasteiger partial charge < -0.3 is 4.42 Å². The van der Waals surface area contributed by atoms with Gasteiger partial charge in [0.1, 0.15) is 0 Å². The predicted molar refractivity (Wildman–Crippen MR) is 74.8 cm³/mol. The third-order valence-electron chi connectivity index (χ3n) is 2.65. The summed E-state index contributed by atoms with van der Waals surface area (Å²) in [7, 11) is 1.98. The van der Waals surface area contributed by atoms with Crippen LogP contribution in [-0.2, 0) is 13.1 Å². The number of hydrogen-bond donors (Lipinski definition) is 0. The summed E-state index contributed by atoms with van der Waals surface area (Å²) in [5.41, 5.74) is 0.910. The van der Waals surface area contributed by atoms with Crippen molar-refractivity contribution in [1.29, 1.82) is 0 Å². The lowest BCUT2D eigenvalue weighted by atomic mass is 10.4. The molecular formula is C13H13N5OS. The summed E-state index contributed by atoms with van der Waals surface area (Å²) < 4.78 is 5.65. The highest BCUT2D eigenvalue weighted by Crippen LogP contribution is 2.23. The van der Waals surface area contributed by atoms with E-state index >= 15 is 0 Å². The van der Waals surface area contributed by atoms with Gasteiger partial charge in [0.15, 0.2) is 0 Å². The van der Waals surface area contributed by atoms with Gasteiger partial charge in [-0.15, -0.1) is 21.5 Å². The van der Waals surface area contributed by atoms with Crippen molar-refractivity contribution >= 4 is 11.3 Å². The van der Waals surface area contributed by atoms with Crippen molar-refractivity contribution in [2.75, 3.05) is 7.05 Å². The molecule has 102 valence electrons. The van der Waals surface area contributed by atoms with Gasteiger partial charge in [-0.3, -0.25) is 14.9 Å². The fourth-order valence-corrected chi connectivity index (χ4v) is 2.44. The number of rotatable bonds is 5. The minimum atomic E-state index is 0.572. The van der Waals surface area contributed by atoms with E-state index in [1.165, 1.54) is 0 Å². The molecule has 6 nitrogen and oxygen atoms in total. The smallest absolute Gasteiger partial charge is 0.257 e. The first-order chi connectivity index (χ1) is 9.81. The van der Waals surface area contributed by atoms with Gasteiger partial charge in [-0.2, -0.15) is 0 Å². The SMILES string of the molecule is CN(Cc1cnccn1)Cc1nnc(-c2cccs2)o1. The molecule has 0 aliphatic heterocycles. The van der Waals surface area contributed by atoms with E-state index in [0.717, 1.165) is 10.6 Å². The molecule has 0 atom stereocenters. The second-order valence-corrected chi connectivity index (χ2v) is 5.29. The first kappa shape index (κ1) is 12.9. The topological polar surface area (TPSA) is 67.9 Å². The largest absolute Gasteiger partial charge is 0.419 e.